The number of nitrogens with zero attached hydrogens (tertiary/aromatic N) is 2. The first-order chi connectivity index (χ1) is 18.3. The van der Waals surface area contributed by atoms with Crippen LogP contribution < -0.4 is 10.1 Å². The van der Waals surface area contributed by atoms with E-state index in [1.807, 2.05) is 12.3 Å². The Morgan fingerprint density at radius 2 is 1.37 bits per heavy atom. The zero-order valence-corrected chi connectivity index (χ0v) is 24.8. The lowest BCUT2D eigenvalue weighted by atomic mass is 10.1. The third-order valence-electron chi connectivity index (χ3n) is 6.54. The second kappa shape index (κ2) is 21.2. The van der Waals surface area contributed by atoms with Gasteiger partial charge in [0.05, 0.1) is 18.3 Å². The first-order valence-corrected chi connectivity index (χ1v) is 16.0. The Morgan fingerprint density at radius 1 is 0.842 bits per heavy atom. The van der Waals surface area contributed by atoms with Gasteiger partial charge < -0.3 is 29.6 Å². The molecule has 1 aromatic carbocycles. The Morgan fingerprint density at radius 3 is 1.92 bits per heavy atom. The normalized spacial score (nSPS) is 11.4. The molecule has 9 heteroatoms. The molecule has 0 amide bonds. The van der Waals surface area contributed by atoms with Crippen molar-refractivity contribution < 1.29 is 24.0 Å². The van der Waals surface area contributed by atoms with Crippen molar-refractivity contribution in [3.8, 4) is 5.75 Å². The molecular weight excluding hydrogens is 501 g/mol. The maximum atomic E-state index is 8.88. The van der Waals surface area contributed by atoms with Gasteiger partial charge in [-0.05, 0) is 51.0 Å². The van der Waals surface area contributed by atoms with Gasteiger partial charge in [0, 0.05) is 24.2 Å². The van der Waals surface area contributed by atoms with Crippen molar-refractivity contribution in [1.82, 2.24) is 9.88 Å². The van der Waals surface area contributed by atoms with Crippen LogP contribution in [0.5, 0.6) is 5.75 Å². The van der Waals surface area contributed by atoms with E-state index >= 15 is 0 Å². The van der Waals surface area contributed by atoms with Gasteiger partial charge in [-0.2, -0.15) is 0 Å². The quantitative estimate of drug-likeness (QED) is 0.101. The van der Waals surface area contributed by atoms with Crippen LogP contribution in [0.4, 0.5) is 5.69 Å². The summed E-state index contributed by atoms with van der Waals surface area (Å²) >= 11 is 0. The summed E-state index contributed by atoms with van der Waals surface area (Å²) in [7, 11) is -2.91. The number of methoxy groups -OCH3 is 1. The molecule has 0 spiro atoms. The fourth-order valence-corrected chi connectivity index (χ4v) is 4.51. The molecule has 0 saturated carbocycles. The van der Waals surface area contributed by atoms with Crippen molar-refractivity contribution in [2.24, 2.45) is 0 Å². The zero-order valence-electron chi connectivity index (χ0n) is 23.9. The van der Waals surface area contributed by atoms with E-state index in [4.69, 9.17) is 24.0 Å². The van der Waals surface area contributed by atoms with Gasteiger partial charge in [0.15, 0.2) is 0 Å². The number of rotatable bonds is 20. The van der Waals surface area contributed by atoms with Gasteiger partial charge in [0.25, 0.3) is 0 Å². The van der Waals surface area contributed by atoms with Crippen molar-refractivity contribution >= 4 is 24.4 Å². The molecule has 2 aromatic rings. The average molecular weight is 554 g/mol. The first-order valence-electron chi connectivity index (χ1n) is 14.5. The number of aromatic nitrogens is 1. The van der Waals surface area contributed by atoms with E-state index in [1.165, 1.54) is 96.7 Å². The minimum absolute atomic E-state index is 0.880. The standard InChI is InChI=1S/C29H49N3O.H3O4P/c1-4-6-8-10-12-14-21-32(22-15-13-11-9-7-5-2)23-17-20-30-28-25-27(33-3)24-26-18-16-19-31-29(26)28;1-5(2,3)4/h16,18-19,24-25,30H,4-15,17,20-23H2,1-3H3;(H3,1,2,3,4). The number of benzene rings is 1. The molecule has 8 nitrogen and oxygen atoms in total. The second-order valence-electron chi connectivity index (χ2n) is 9.92. The van der Waals surface area contributed by atoms with Crippen LogP contribution in [0.1, 0.15) is 97.3 Å². The zero-order chi connectivity index (χ0) is 28.1. The molecule has 4 N–H and O–H groups in total. The number of nitrogens with one attached hydrogen (secondary N) is 1. The highest BCUT2D eigenvalue weighted by molar-refractivity contribution is 7.45. The van der Waals surface area contributed by atoms with E-state index in [2.05, 4.69) is 47.2 Å². The number of pyridine rings is 1. The summed E-state index contributed by atoms with van der Waals surface area (Å²) in [5.74, 6) is 0.880. The van der Waals surface area contributed by atoms with Crippen LogP contribution in [0.15, 0.2) is 30.5 Å². The number of unbranched alkanes of at least 4 members (excludes halogenated alkanes) is 10. The van der Waals surface area contributed by atoms with E-state index in [0.29, 0.717) is 0 Å². The summed E-state index contributed by atoms with van der Waals surface area (Å²) in [5, 5.41) is 4.75. The van der Waals surface area contributed by atoms with Crippen LogP contribution in [0.25, 0.3) is 10.9 Å². The second-order valence-corrected chi connectivity index (χ2v) is 10.9. The van der Waals surface area contributed by atoms with Gasteiger partial charge >= 0.3 is 7.82 Å². The van der Waals surface area contributed by atoms with Crippen LogP contribution in [0.2, 0.25) is 0 Å². The van der Waals surface area contributed by atoms with Gasteiger partial charge in [-0.25, -0.2) is 4.57 Å². The molecule has 0 radical (unpaired) electrons. The van der Waals surface area contributed by atoms with Crippen molar-refractivity contribution in [3.05, 3.63) is 30.5 Å². The summed E-state index contributed by atoms with van der Waals surface area (Å²) in [4.78, 5) is 28.9. The van der Waals surface area contributed by atoms with Gasteiger partial charge in [-0.1, -0.05) is 84.1 Å². The summed E-state index contributed by atoms with van der Waals surface area (Å²) in [6.45, 7) is 9.23. The van der Waals surface area contributed by atoms with Crippen LogP contribution in [0.3, 0.4) is 0 Å². The maximum absolute atomic E-state index is 8.88. The van der Waals surface area contributed by atoms with E-state index in [9.17, 15) is 0 Å². The molecule has 0 saturated heterocycles. The molecule has 1 heterocycles. The fourth-order valence-electron chi connectivity index (χ4n) is 4.51. The van der Waals surface area contributed by atoms with Crippen LogP contribution in [0, 0.1) is 0 Å². The first kappa shape index (κ1) is 34.3. The average Bonchev–Trinajstić information content (AvgIpc) is 2.88. The minimum Gasteiger partial charge on any atom is -0.497 e. The lowest BCUT2D eigenvalue weighted by Crippen LogP contribution is -2.28. The molecule has 0 atom stereocenters. The summed E-state index contributed by atoms with van der Waals surface area (Å²) in [5.41, 5.74) is 2.10. The van der Waals surface area contributed by atoms with Gasteiger partial charge in [-0.3, -0.25) is 4.98 Å². The highest BCUT2D eigenvalue weighted by Crippen LogP contribution is 2.27. The predicted molar refractivity (Wildman–Crippen MR) is 159 cm³/mol. The molecule has 2 rings (SSSR count). The largest absolute Gasteiger partial charge is 0.497 e. The molecule has 0 aliphatic rings. The number of phosphoric acid groups is 1. The number of fused-ring (bicyclic) bond motifs is 1. The van der Waals surface area contributed by atoms with Gasteiger partial charge in [-0.15, -0.1) is 0 Å². The number of hydrogen-bond donors (Lipinski definition) is 4. The predicted octanol–water partition coefficient (Wildman–Crippen LogP) is 7.14. The van der Waals surface area contributed by atoms with Crippen molar-refractivity contribution in [2.45, 2.75) is 97.3 Å². The lowest BCUT2D eigenvalue weighted by Gasteiger charge is -2.23. The van der Waals surface area contributed by atoms with Crippen LogP contribution >= 0.6 is 7.82 Å². The SMILES string of the molecule is CCCCCCCCN(CCCCCCCC)CCCNc1cc(OC)cc2cccnc12.O=P(O)(O)O. The number of ether oxygens (including phenoxy) is 1. The monoisotopic (exact) mass is 553 g/mol. The molecule has 38 heavy (non-hydrogen) atoms. The molecule has 1 aromatic heterocycles. The highest BCUT2D eigenvalue weighted by Gasteiger charge is 2.08. The topological polar surface area (TPSA) is 115 Å². The summed E-state index contributed by atoms with van der Waals surface area (Å²) < 4.78 is 14.4. The highest BCUT2D eigenvalue weighted by atomic mass is 31.2. The Bertz CT molecular complexity index is 885. The van der Waals surface area contributed by atoms with Crippen molar-refractivity contribution in [1.29, 1.82) is 0 Å². The van der Waals surface area contributed by atoms with E-state index in [0.717, 1.165) is 35.3 Å². The van der Waals surface area contributed by atoms with Crippen molar-refractivity contribution in [2.75, 3.05) is 38.6 Å². The molecule has 0 aliphatic heterocycles. The molecule has 0 bridgehead atoms. The third kappa shape index (κ3) is 17.7. The fraction of sp³-hybridized carbons (Fsp3) is 0.690. The summed E-state index contributed by atoms with van der Waals surface area (Å²) in [6, 6.07) is 8.20. The molecule has 218 valence electrons. The van der Waals surface area contributed by atoms with Gasteiger partial charge in [0.1, 0.15) is 5.75 Å². The number of anilines is 1. The van der Waals surface area contributed by atoms with Crippen LogP contribution in [-0.2, 0) is 4.57 Å². The molecule has 0 aliphatic carbocycles. The van der Waals surface area contributed by atoms with Gasteiger partial charge in [0.2, 0.25) is 0 Å². The smallest absolute Gasteiger partial charge is 0.466 e. The number of hydrogen-bond acceptors (Lipinski definition) is 5. The van der Waals surface area contributed by atoms with Crippen LogP contribution in [-0.4, -0.2) is 57.9 Å². The summed E-state index contributed by atoms with van der Waals surface area (Å²) in [6.07, 6.45) is 19.5. The Hall–Kier alpha value is -1.70. The Kier molecular flexibility index (Phi) is 19.1. The lowest BCUT2D eigenvalue weighted by molar-refractivity contribution is 0.259. The third-order valence-corrected chi connectivity index (χ3v) is 6.54. The minimum atomic E-state index is -4.64. The molecular formula is C29H52N3O5P. The Balaban J connectivity index is 0.00000132. The molecule has 0 fully saturated rings. The molecule has 0 unspecified atom stereocenters. The van der Waals surface area contributed by atoms with E-state index in [1.54, 1.807) is 7.11 Å². The maximum Gasteiger partial charge on any atom is 0.466 e. The Labute approximate surface area is 230 Å². The van der Waals surface area contributed by atoms with Crippen molar-refractivity contribution in [3.63, 3.8) is 0 Å². The van der Waals surface area contributed by atoms with E-state index < -0.39 is 7.82 Å². The van der Waals surface area contributed by atoms with E-state index in [-0.39, 0.29) is 0 Å².